The predicted molar refractivity (Wildman–Crippen MR) is 79.8 cm³/mol. The second kappa shape index (κ2) is 9.52. The van der Waals surface area contributed by atoms with E-state index in [-0.39, 0.29) is 19.5 Å². The molecule has 0 aliphatic carbocycles. The van der Waals surface area contributed by atoms with Crippen LogP contribution in [0.15, 0.2) is 15.8 Å². The van der Waals surface area contributed by atoms with Crippen molar-refractivity contribution in [2.75, 3.05) is 27.1 Å². The molecule has 0 radical (unpaired) electrons. The highest BCUT2D eigenvalue weighted by molar-refractivity contribution is 5.01. The molecule has 1 aromatic heterocycles. The minimum Gasteiger partial charge on any atom is -0.396 e. The van der Waals surface area contributed by atoms with Crippen molar-refractivity contribution < 1.29 is 19.3 Å². The lowest BCUT2D eigenvalue weighted by molar-refractivity contribution is -0.112. The molecule has 0 aliphatic heterocycles. The lowest BCUT2D eigenvalue weighted by atomic mass is 10.1. The van der Waals surface area contributed by atoms with Crippen LogP contribution < -0.4 is 11.2 Å². The number of hydrogen-bond donors (Lipinski definition) is 2. The highest BCUT2D eigenvalue weighted by Gasteiger charge is 2.20. The van der Waals surface area contributed by atoms with Crippen LogP contribution in [0.3, 0.4) is 0 Å². The third-order valence-electron chi connectivity index (χ3n) is 3.24. The first kappa shape index (κ1) is 18.6. The maximum atomic E-state index is 11.9. The van der Waals surface area contributed by atoms with E-state index >= 15 is 0 Å². The molecule has 0 amide bonds. The van der Waals surface area contributed by atoms with Gasteiger partial charge in [0.05, 0.1) is 6.10 Å². The summed E-state index contributed by atoms with van der Waals surface area (Å²) >= 11 is 0. The molecule has 0 saturated carbocycles. The lowest BCUT2D eigenvalue weighted by Gasteiger charge is -2.24. The van der Waals surface area contributed by atoms with E-state index in [2.05, 4.69) is 4.98 Å². The Morgan fingerprint density at radius 1 is 1.41 bits per heavy atom. The van der Waals surface area contributed by atoms with Gasteiger partial charge in [-0.15, -0.1) is 0 Å². The van der Waals surface area contributed by atoms with Crippen LogP contribution in [-0.2, 0) is 14.2 Å². The summed E-state index contributed by atoms with van der Waals surface area (Å²) in [5, 5.41) is 9.11. The normalized spacial score (nSPS) is 14.0. The number of aromatic amines is 1. The van der Waals surface area contributed by atoms with Gasteiger partial charge in [-0.3, -0.25) is 14.3 Å². The van der Waals surface area contributed by atoms with Crippen LogP contribution in [0.25, 0.3) is 0 Å². The quantitative estimate of drug-likeness (QED) is 0.470. The first-order valence-electron chi connectivity index (χ1n) is 7.18. The smallest absolute Gasteiger partial charge is 0.330 e. The second-order valence-corrected chi connectivity index (χ2v) is 4.82. The van der Waals surface area contributed by atoms with Crippen molar-refractivity contribution in [1.29, 1.82) is 0 Å². The molecule has 2 N–H and O–H groups in total. The van der Waals surface area contributed by atoms with E-state index in [9.17, 15) is 9.59 Å². The molecule has 1 unspecified atom stereocenters. The zero-order valence-corrected chi connectivity index (χ0v) is 13.2. The number of nitrogens with zero attached hydrogens (tertiary/aromatic N) is 1. The van der Waals surface area contributed by atoms with Gasteiger partial charge in [-0.05, 0) is 20.3 Å². The molecule has 1 rings (SSSR count). The van der Waals surface area contributed by atoms with Crippen molar-refractivity contribution >= 4 is 0 Å². The Bertz CT molecular complexity index is 553. The van der Waals surface area contributed by atoms with Gasteiger partial charge in [0, 0.05) is 38.5 Å². The number of aryl methyl sites for hydroxylation is 1. The summed E-state index contributed by atoms with van der Waals surface area (Å²) in [6.45, 7) is 4.05. The average molecular weight is 316 g/mol. The number of methoxy groups -OCH3 is 1. The van der Waals surface area contributed by atoms with E-state index in [0.717, 1.165) is 0 Å². The Hall–Kier alpha value is -1.48. The molecule has 0 fully saturated rings. The van der Waals surface area contributed by atoms with Gasteiger partial charge in [-0.25, -0.2) is 4.79 Å². The van der Waals surface area contributed by atoms with Gasteiger partial charge in [-0.1, -0.05) is 0 Å². The van der Waals surface area contributed by atoms with E-state index in [4.69, 9.17) is 19.3 Å². The highest BCUT2D eigenvalue weighted by atomic mass is 16.7. The molecule has 1 aromatic rings. The predicted octanol–water partition coefficient (Wildman–Crippen LogP) is 0.142. The second-order valence-electron chi connectivity index (χ2n) is 4.82. The summed E-state index contributed by atoms with van der Waals surface area (Å²) in [7, 11) is 1.47. The molecule has 1 heterocycles. The zero-order valence-electron chi connectivity index (χ0n) is 13.2. The van der Waals surface area contributed by atoms with Gasteiger partial charge >= 0.3 is 5.69 Å². The molecule has 8 nitrogen and oxygen atoms in total. The first-order chi connectivity index (χ1) is 10.5. The lowest BCUT2D eigenvalue weighted by Crippen LogP contribution is -2.35. The fraction of sp³-hybridized carbons (Fsp3) is 0.714. The summed E-state index contributed by atoms with van der Waals surface area (Å²) in [5.74, 6) is 0. The van der Waals surface area contributed by atoms with Gasteiger partial charge in [0.1, 0.15) is 13.0 Å². The van der Waals surface area contributed by atoms with E-state index in [0.29, 0.717) is 25.0 Å². The Morgan fingerprint density at radius 2 is 2.14 bits per heavy atom. The first-order valence-corrected chi connectivity index (χ1v) is 7.18. The molecular weight excluding hydrogens is 292 g/mol. The van der Waals surface area contributed by atoms with Crippen molar-refractivity contribution in [1.82, 2.24) is 9.55 Å². The van der Waals surface area contributed by atoms with Crippen molar-refractivity contribution in [3.63, 3.8) is 0 Å². The highest BCUT2D eigenvalue weighted by Crippen LogP contribution is 2.17. The van der Waals surface area contributed by atoms with Crippen molar-refractivity contribution in [3.05, 3.63) is 32.6 Å². The summed E-state index contributed by atoms with van der Waals surface area (Å²) < 4.78 is 17.3. The van der Waals surface area contributed by atoms with Gasteiger partial charge in [0.25, 0.3) is 5.56 Å². The van der Waals surface area contributed by atoms with Crippen LogP contribution >= 0.6 is 0 Å². The molecule has 126 valence electrons. The van der Waals surface area contributed by atoms with Crippen molar-refractivity contribution in [3.8, 4) is 0 Å². The van der Waals surface area contributed by atoms with Gasteiger partial charge in [0.15, 0.2) is 0 Å². The molecule has 0 aliphatic rings. The average Bonchev–Trinajstić information content (AvgIpc) is 2.49. The maximum absolute atomic E-state index is 11.9. The fourth-order valence-electron chi connectivity index (χ4n) is 1.99. The summed E-state index contributed by atoms with van der Waals surface area (Å²) in [4.78, 5) is 25.6. The van der Waals surface area contributed by atoms with E-state index < -0.39 is 17.5 Å². The molecule has 0 aromatic carbocycles. The molecule has 22 heavy (non-hydrogen) atoms. The third-order valence-corrected chi connectivity index (χ3v) is 3.24. The fourth-order valence-corrected chi connectivity index (χ4v) is 1.99. The van der Waals surface area contributed by atoms with Crippen molar-refractivity contribution in [2.45, 2.75) is 39.0 Å². The van der Waals surface area contributed by atoms with Gasteiger partial charge in [-0.2, -0.15) is 0 Å². The largest absolute Gasteiger partial charge is 0.396 e. The summed E-state index contributed by atoms with van der Waals surface area (Å²) in [6, 6.07) is 0. The Balaban J connectivity index is 2.87. The van der Waals surface area contributed by atoms with E-state index in [1.165, 1.54) is 17.9 Å². The summed E-state index contributed by atoms with van der Waals surface area (Å²) in [5.41, 5.74) is -0.554. The number of H-pyrrole nitrogens is 1. The number of nitrogens with one attached hydrogen (secondary N) is 1. The summed E-state index contributed by atoms with van der Waals surface area (Å²) in [6.07, 6.45) is 1.25. The molecule has 0 saturated heterocycles. The number of aliphatic hydroxyl groups excluding tert-OH is 1. The van der Waals surface area contributed by atoms with Crippen LogP contribution in [0.1, 0.15) is 31.6 Å². The monoisotopic (exact) mass is 316 g/mol. The topological polar surface area (TPSA) is 103 Å². The third kappa shape index (κ3) is 5.38. The van der Waals surface area contributed by atoms with Gasteiger partial charge in [0.2, 0.25) is 0 Å². The van der Waals surface area contributed by atoms with Crippen LogP contribution in [0.5, 0.6) is 0 Å². The van der Waals surface area contributed by atoms with E-state index in [1.807, 2.05) is 6.92 Å². The molecular formula is C14H24N2O6. The number of hydrogen-bond acceptors (Lipinski definition) is 6. The standard InChI is InChI=1S/C14H24N2O6/c1-4-21-9-22-11(5-6-17)7-12(20-3)16-8-10(2)13(18)15-14(16)19/h8,11-12,17H,4-7,9H2,1-3H3,(H,15,18,19)/t11?,12-/m1/s1. The number of rotatable bonds is 10. The Labute approximate surface area is 128 Å². The van der Waals surface area contributed by atoms with E-state index in [1.54, 1.807) is 6.92 Å². The molecule has 0 spiro atoms. The van der Waals surface area contributed by atoms with Crippen LogP contribution in [0.4, 0.5) is 0 Å². The molecule has 2 atom stereocenters. The Morgan fingerprint density at radius 3 is 2.73 bits per heavy atom. The maximum Gasteiger partial charge on any atom is 0.330 e. The van der Waals surface area contributed by atoms with Crippen molar-refractivity contribution in [2.24, 2.45) is 0 Å². The SMILES string of the molecule is CCOCOC(CCO)C[C@@H](OC)n1cc(C)c(=O)[nH]c1=O. The minimum absolute atomic E-state index is 0.0488. The minimum atomic E-state index is -0.610. The Kier molecular flexibility index (Phi) is 8.03. The number of aromatic nitrogens is 2. The molecule has 0 bridgehead atoms. The van der Waals surface area contributed by atoms with Crippen LogP contribution in [0.2, 0.25) is 0 Å². The van der Waals surface area contributed by atoms with Gasteiger partial charge < -0.3 is 19.3 Å². The van der Waals surface area contributed by atoms with Crippen LogP contribution in [-0.4, -0.2) is 47.9 Å². The van der Waals surface area contributed by atoms with Crippen LogP contribution in [0, 0.1) is 6.92 Å². The zero-order chi connectivity index (χ0) is 16.5. The molecule has 8 heteroatoms. The number of aliphatic hydroxyl groups is 1. The number of ether oxygens (including phenoxy) is 3.